The molecule has 0 radical (unpaired) electrons. The quantitative estimate of drug-likeness (QED) is 0.605. The van der Waals surface area contributed by atoms with E-state index in [2.05, 4.69) is 24.1 Å². The lowest BCUT2D eigenvalue weighted by Crippen LogP contribution is -2.19. The van der Waals surface area contributed by atoms with E-state index < -0.39 is 0 Å². The summed E-state index contributed by atoms with van der Waals surface area (Å²) < 4.78 is 0. The summed E-state index contributed by atoms with van der Waals surface area (Å²) in [6, 6.07) is 2.58. The number of hydrogen-bond donors (Lipinski definition) is 1. The van der Waals surface area contributed by atoms with E-state index in [4.69, 9.17) is 11.6 Å². The van der Waals surface area contributed by atoms with Crippen molar-refractivity contribution in [2.24, 2.45) is 5.92 Å². The van der Waals surface area contributed by atoms with E-state index in [1.807, 2.05) is 6.07 Å². The number of anilines is 1. The SMILES string of the molecule is CCCC1CCCC(Nc2c(C)ccnc2Cl)CC1. The molecule has 1 saturated carbocycles. The summed E-state index contributed by atoms with van der Waals surface area (Å²) in [4.78, 5) is 4.18. The van der Waals surface area contributed by atoms with Crippen LogP contribution in [0.15, 0.2) is 12.3 Å². The van der Waals surface area contributed by atoms with E-state index in [0.29, 0.717) is 11.2 Å². The third-order valence-electron chi connectivity index (χ3n) is 4.25. The molecule has 2 nitrogen and oxygen atoms in total. The van der Waals surface area contributed by atoms with E-state index in [0.717, 1.165) is 11.6 Å². The van der Waals surface area contributed by atoms with Gasteiger partial charge < -0.3 is 5.32 Å². The fourth-order valence-electron chi connectivity index (χ4n) is 3.12. The van der Waals surface area contributed by atoms with Crippen molar-refractivity contribution < 1.29 is 0 Å². The predicted octanol–water partition coefficient (Wildman–Crippen LogP) is 5.20. The van der Waals surface area contributed by atoms with Crippen LogP contribution in [0.2, 0.25) is 5.15 Å². The first-order valence-electron chi connectivity index (χ1n) is 7.58. The van der Waals surface area contributed by atoms with Crippen molar-refractivity contribution in [2.75, 3.05) is 5.32 Å². The molecule has 0 aliphatic heterocycles. The van der Waals surface area contributed by atoms with E-state index in [1.54, 1.807) is 6.20 Å². The molecule has 2 rings (SSSR count). The first-order valence-corrected chi connectivity index (χ1v) is 7.96. The Kier molecular flexibility index (Phi) is 5.50. The maximum Gasteiger partial charge on any atom is 0.152 e. The number of nitrogens with one attached hydrogen (secondary N) is 1. The van der Waals surface area contributed by atoms with Crippen molar-refractivity contribution in [3.8, 4) is 0 Å². The molecule has 1 aromatic heterocycles. The van der Waals surface area contributed by atoms with Crippen molar-refractivity contribution >= 4 is 17.3 Å². The van der Waals surface area contributed by atoms with Gasteiger partial charge in [-0.2, -0.15) is 0 Å². The number of rotatable bonds is 4. The largest absolute Gasteiger partial charge is 0.380 e. The molecule has 19 heavy (non-hydrogen) atoms. The zero-order chi connectivity index (χ0) is 13.7. The van der Waals surface area contributed by atoms with Crippen LogP contribution in [0.4, 0.5) is 5.69 Å². The number of pyridine rings is 1. The Balaban J connectivity index is 1.96. The van der Waals surface area contributed by atoms with Crippen LogP contribution < -0.4 is 5.32 Å². The van der Waals surface area contributed by atoms with Gasteiger partial charge in [0.2, 0.25) is 0 Å². The van der Waals surface area contributed by atoms with Gasteiger partial charge in [-0.05, 0) is 43.7 Å². The molecule has 1 N–H and O–H groups in total. The van der Waals surface area contributed by atoms with Gasteiger partial charge in [0.15, 0.2) is 5.15 Å². The van der Waals surface area contributed by atoms with Gasteiger partial charge in [-0.15, -0.1) is 0 Å². The van der Waals surface area contributed by atoms with Crippen LogP contribution in [0.5, 0.6) is 0 Å². The fraction of sp³-hybridized carbons (Fsp3) is 0.688. The van der Waals surface area contributed by atoms with E-state index in [1.165, 1.54) is 50.5 Å². The molecular formula is C16H25ClN2. The molecule has 0 amide bonds. The average Bonchev–Trinajstić information content (AvgIpc) is 2.60. The van der Waals surface area contributed by atoms with Gasteiger partial charge in [0, 0.05) is 12.2 Å². The summed E-state index contributed by atoms with van der Waals surface area (Å²) in [6.45, 7) is 4.38. The average molecular weight is 281 g/mol. The second-order valence-corrected chi connectivity index (χ2v) is 6.16. The molecule has 2 unspecified atom stereocenters. The topological polar surface area (TPSA) is 24.9 Å². The minimum Gasteiger partial charge on any atom is -0.380 e. The van der Waals surface area contributed by atoms with Crippen LogP contribution >= 0.6 is 11.6 Å². The van der Waals surface area contributed by atoms with Crippen LogP contribution in [-0.4, -0.2) is 11.0 Å². The second kappa shape index (κ2) is 7.14. The van der Waals surface area contributed by atoms with Crippen molar-refractivity contribution in [3.05, 3.63) is 23.0 Å². The van der Waals surface area contributed by atoms with Crippen molar-refractivity contribution in [2.45, 2.75) is 64.8 Å². The second-order valence-electron chi connectivity index (χ2n) is 5.80. The Morgan fingerprint density at radius 1 is 1.32 bits per heavy atom. The molecule has 1 aliphatic carbocycles. The van der Waals surface area contributed by atoms with E-state index in [-0.39, 0.29) is 0 Å². The van der Waals surface area contributed by atoms with Crippen molar-refractivity contribution in [3.63, 3.8) is 0 Å². The summed E-state index contributed by atoms with van der Waals surface area (Å²) in [5, 5.41) is 4.23. The Morgan fingerprint density at radius 2 is 2.16 bits per heavy atom. The van der Waals surface area contributed by atoms with Crippen LogP contribution in [-0.2, 0) is 0 Å². The summed E-state index contributed by atoms with van der Waals surface area (Å²) >= 11 is 6.19. The predicted molar refractivity (Wildman–Crippen MR) is 82.9 cm³/mol. The first-order chi connectivity index (χ1) is 9.20. The maximum atomic E-state index is 6.19. The highest BCUT2D eigenvalue weighted by Crippen LogP contribution is 2.30. The Hall–Kier alpha value is -0.760. The Morgan fingerprint density at radius 3 is 2.89 bits per heavy atom. The summed E-state index contributed by atoms with van der Waals surface area (Å²) in [5.41, 5.74) is 2.22. The summed E-state index contributed by atoms with van der Waals surface area (Å²) in [6.07, 6.45) is 11.1. The molecular weight excluding hydrogens is 256 g/mol. The Bertz CT molecular complexity index is 385. The highest BCUT2D eigenvalue weighted by molar-refractivity contribution is 6.32. The van der Waals surface area contributed by atoms with Gasteiger partial charge in [0.25, 0.3) is 0 Å². The fourth-order valence-corrected chi connectivity index (χ4v) is 3.38. The van der Waals surface area contributed by atoms with Crippen LogP contribution in [0.25, 0.3) is 0 Å². The van der Waals surface area contributed by atoms with E-state index in [9.17, 15) is 0 Å². The number of nitrogens with zero attached hydrogens (tertiary/aromatic N) is 1. The highest BCUT2D eigenvalue weighted by Gasteiger charge is 2.19. The monoisotopic (exact) mass is 280 g/mol. The molecule has 1 fully saturated rings. The molecule has 106 valence electrons. The zero-order valence-electron chi connectivity index (χ0n) is 12.1. The van der Waals surface area contributed by atoms with Crippen LogP contribution in [0.3, 0.4) is 0 Å². The lowest BCUT2D eigenvalue weighted by atomic mass is 9.95. The van der Waals surface area contributed by atoms with Gasteiger partial charge in [-0.3, -0.25) is 0 Å². The standard InChI is InChI=1S/C16H25ClN2/c1-3-5-13-6-4-7-14(9-8-13)19-15-12(2)10-11-18-16(15)17/h10-11,13-14,19H,3-9H2,1-2H3. The molecule has 2 atom stereocenters. The number of hydrogen-bond acceptors (Lipinski definition) is 2. The highest BCUT2D eigenvalue weighted by atomic mass is 35.5. The van der Waals surface area contributed by atoms with Crippen LogP contribution in [0.1, 0.15) is 57.4 Å². The number of aromatic nitrogens is 1. The lowest BCUT2D eigenvalue weighted by Gasteiger charge is -2.20. The molecule has 1 heterocycles. The van der Waals surface area contributed by atoms with Gasteiger partial charge in [-0.1, -0.05) is 44.2 Å². The van der Waals surface area contributed by atoms with Gasteiger partial charge >= 0.3 is 0 Å². The molecule has 3 heteroatoms. The van der Waals surface area contributed by atoms with Crippen LogP contribution in [0, 0.1) is 12.8 Å². The number of aryl methyl sites for hydroxylation is 1. The van der Waals surface area contributed by atoms with Gasteiger partial charge in [0.05, 0.1) is 5.69 Å². The molecule has 0 bridgehead atoms. The molecule has 0 aromatic carbocycles. The summed E-state index contributed by atoms with van der Waals surface area (Å²) in [7, 11) is 0. The van der Waals surface area contributed by atoms with Gasteiger partial charge in [0.1, 0.15) is 0 Å². The molecule has 0 spiro atoms. The molecule has 1 aliphatic rings. The third kappa shape index (κ3) is 4.10. The van der Waals surface area contributed by atoms with Crippen molar-refractivity contribution in [1.29, 1.82) is 0 Å². The maximum absolute atomic E-state index is 6.19. The zero-order valence-corrected chi connectivity index (χ0v) is 12.8. The van der Waals surface area contributed by atoms with Gasteiger partial charge in [-0.25, -0.2) is 4.98 Å². The summed E-state index contributed by atoms with van der Waals surface area (Å²) in [5.74, 6) is 0.933. The van der Waals surface area contributed by atoms with Crippen molar-refractivity contribution in [1.82, 2.24) is 4.98 Å². The minimum absolute atomic E-state index is 0.558. The normalized spacial score (nSPS) is 23.9. The van der Waals surface area contributed by atoms with E-state index >= 15 is 0 Å². The first kappa shape index (κ1) is 14.6. The smallest absolute Gasteiger partial charge is 0.152 e. The lowest BCUT2D eigenvalue weighted by molar-refractivity contribution is 0.422. The minimum atomic E-state index is 0.558. The number of halogens is 1. The third-order valence-corrected chi connectivity index (χ3v) is 4.53. The molecule has 1 aromatic rings. The molecule has 0 saturated heterocycles. The Labute approximate surface area is 122 Å².